The van der Waals surface area contributed by atoms with E-state index in [1.165, 1.54) is 6.08 Å². The lowest BCUT2D eigenvalue weighted by Gasteiger charge is -2.21. The van der Waals surface area contributed by atoms with Crippen LogP contribution in [0.25, 0.3) is 11.0 Å². The first kappa shape index (κ1) is 20.0. The Morgan fingerprint density at radius 1 is 1.43 bits per heavy atom. The number of rotatable bonds is 6. The summed E-state index contributed by atoms with van der Waals surface area (Å²) in [7, 11) is 1.56. The lowest BCUT2D eigenvalue weighted by molar-refractivity contribution is -0.112. The van der Waals surface area contributed by atoms with E-state index in [1.807, 2.05) is 4.57 Å². The van der Waals surface area contributed by atoms with Gasteiger partial charge in [0.1, 0.15) is 10.8 Å². The van der Waals surface area contributed by atoms with Crippen molar-refractivity contribution in [1.82, 2.24) is 14.9 Å². The first-order chi connectivity index (χ1) is 13.6. The predicted molar refractivity (Wildman–Crippen MR) is 111 cm³/mol. The summed E-state index contributed by atoms with van der Waals surface area (Å²) in [4.78, 5) is 17.1. The molecule has 0 saturated carbocycles. The molecule has 1 amide bonds. The zero-order valence-corrected chi connectivity index (χ0v) is 16.3. The first-order valence-electron chi connectivity index (χ1n) is 9.08. The van der Waals surface area contributed by atoms with Crippen molar-refractivity contribution < 1.29 is 9.53 Å². The molecule has 28 heavy (non-hydrogen) atoms. The van der Waals surface area contributed by atoms with Gasteiger partial charge in [-0.05, 0) is 37.6 Å². The largest absolute Gasteiger partial charge is 0.495 e. The average molecular weight is 403 g/mol. The second-order valence-electron chi connectivity index (χ2n) is 6.50. The summed E-state index contributed by atoms with van der Waals surface area (Å²) in [6.45, 7) is 1.68. The summed E-state index contributed by atoms with van der Waals surface area (Å²) >= 11 is 6.60. The Labute approximate surface area is 167 Å². The molecule has 1 fully saturated rings. The third-order valence-electron chi connectivity index (χ3n) is 4.77. The van der Waals surface area contributed by atoms with Crippen LogP contribution >= 0.6 is 11.6 Å². The zero-order valence-electron chi connectivity index (χ0n) is 15.6. The monoisotopic (exact) mass is 402 g/mol. The van der Waals surface area contributed by atoms with Gasteiger partial charge in [0, 0.05) is 25.0 Å². The Hall–Kier alpha value is -2.71. The highest BCUT2D eigenvalue weighted by atomic mass is 35.5. The van der Waals surface area contributed by atoms with E-state index in [0.717, 1.165) is 44.8 Å². The molecule has 0 bridgehead atoms. The third-order valence-corrected chi connectivity index (χ3v) is 5.13. The number of imidazole rings is 1. The number of aromatic nitrogens is 2. The van der Waals surface area contributed by atoms with Gasteiger partial charge in [-0.2, -0.15) is 0 Å². The molecule has 2 aromatic rings. The molecular formula is C19H23ClN6O2. The van der Waals surface area contributed by atoms with E-state index in [2.05, 4.69) is 15.6 Å². The van der Waals surface area contributed by atoms with Crippen molar-refractivity contribution in [1.29, 1.82) is 10.8 Å². The molecule has 0 aliphatic carbocycles. The molecule has 1 unspecified atom stereocenters. The second-order valence-corrected chi connectivity index (χ2v) is 6.87. The van der Waals surface area contributed by atoms with Crippen molar-refractivity contribution in [3.8, 4) is 5.75 Å². The van der Waals surface area contributed by atoms with Crippen LogP contribution in [0.2, 0.25) is 5.02 Å². The standard InChI is InChI=1S/C19H23ClN6O2/c1-28-15-6-5-14-17(16(15)20)26(13-4-2-3-9-23-11-13)19(24-14)25-18(27)12(10-22)7-8-21/h5-8,10,13,21-23H,2-4,9,11H2,1H3,(H,24,25,27)/b12-7+,21-8?,22-10?. The van der Waals surface area contributed by atoms with Gasteiger partial charge in [-0.1, -0.05) is 18.0 Å². The molecule has 9 heteroatoms. The van der Waals surface area contributed by atoms with Gasteiger partial charge >= 0.3 is 0 Å². The van der Waals surface area contributed by atoms with Crippen molar-refractivity contribution in [2.24, 2.45) is 0 Å². The van der Waals surface area contributed by atoms with Gasteiger partial charge < -0.3 is 25.4 Å². The highest BCUT2D eigenvalue weighted by Gasteiger charge is 2.25. The maximum absolute atomic E-state index is 12.6. The van der Waals surface area contributed by atoms with E-state index in [4.69, 9.17) is 27.2 Å². The summed E-state index contributed by atoms with van der Waals surface area (Å²) in [6.07, 6.45) is 6.20. The molecule has 3 rings (SSSR count). The van der Waals surface area contributed by atoms with Gasteiger partial charge in [-0.3, -0.25) is 10.1 Å². The van der Waals surface area contributed by atoms with E-state index in [1.54, 1.807) is 19.2 Å². The minimum Gasteiger partial charge on any atom is -0.495 e. The van der Waals surface area contributed by atoms with Crippen molar-refractivity contribution in [2.45, 2.75) is 25.3 Å². The number of carbonyl (C=O) groups is 1. The Bertz CT molecular complexity index is 928. The molecular weight excluding hydrogens is 380 g/mol. The van der Waals surface area contributed by atoms with Gasteiger partial charge in [0.2, 0.25) is 5.95 Å². The van der Waals surface area contributed by atoms with Gasteiger partial charge in [-0.25, -0.2) is 4.98 Å². The van der Waals surface area contributed by atoms with Crippen LogP contribution in [0.1, 0.15) is 25.3 Å². The molecule has 4 N–H and O–H groups in total. The first-order valence-corrected chi connectivity index (χ1v) is 9.46. The number of amides is 1. The molecule has 1 aromatic carbocycles. The minimum absolute atomic E-state index is 0.0579. The zero-order chi connectivity index (χ0) is 20.1. The number of ether oxygens (including phenoxy) is 1. The Kier molecular flexibility index (Phi) is 6.43. The summed E-state index contributed by atoms with van der Waals surface area (Å²) in [5.41, 5.74) is 1.42. The van der Waals surface area contributed by atoms with Crippen molar-refractivity contribution >= 4 is 46.9 Å². The van der Waals surface area contributed by atoms with E-state index in [9.17, 15) is 4.79 Å². The minimum atomic E-state index is -0.500. The number of benzene rings is 1. The van der Waals surface area contributed by atoms with E-state index >= 15 is 0 Å². The molecule has 1 aromatic heterocycles. The molecule has 2 heterocycles. The van der Waals surface area contributed by atoms with Crippen molar-refractivity contribution in [3.63, 3.8) is 0 Å². The lowest BCUT2D eigenvalue weighted by Crippen LogP contribution is -2.26. The van der Waals surface area contributed by atoms with E-state index < -0.39 is 5.91 Å². The Morgan fingerprint density at radius 2 is 2.25 bits per heavy atom. The fourth-order valence-corrected chi connectivity index (χ4v) is 3.73. The number of nitrogens with one attached hydrogen (secondary N) is 4. The fraction of sp³-hybridized carbons (Fsp3) is 0.368. The number of anilines is 1. The van der Waals surface area contributed by atoms with E-state index in [0.29, 0.717) is 27.8 Å². The smallest absolute Gasteiger partial charge is 0.259 e. The van der Waals surface area contributed by atoms with Crippen LogP contribution in [0.5, 0.6) is 5.75 Å². The topological polar surface area (TPSA) is 116 Å². The second kappa shape index (κ2) is 8.99. The quantitative estimate of drug-likeness (QED) is 0.438. The number of hydrogen-bond donors (Lipinski definition) is 4. The number of carbonyl (C=O) groups excluding carboxylic acids is 1. The van der Waals surface area contributed by atoms with Gasteiger partial charge in [-0.15, -0.1) is 0 Å². The van der Waals surface area contributed by atoms with Crippen LogP contribution in [0.3, 0.4) is 0 Å². The normalized spacial score (nSPS) is 17.8. The number of nitrogens with zero attached hydrogens (tertiary/aromatic N) is 2. The SMILES string of the molecule is COc1ccc2nc(NC(=O)/C(C=N)=C/C=N)n(C3CCCCNC3)c2c1Cl. The Morgan fingerprint density at radius 3 is 2.96 bits per heavy atom. The molecule has 148 valence electrons. The summed E-state index contributed by atoms with van der Waals surface area (Å²) in [5.74, 6) is 0.403. The molecule has 1 atom stereocenters. The van der Waals surface area contributed by atoms with Crippen LogP contribution in [0.15, 0.2) is 23.8 Å². The van der Waals surface area contributed by atoms with Crippen LogP contribution in [0, 0.1) is 10.8 Å². The molecule has 8 nitrogen and oxygen atoms in total. The van der Waals surface area contributed by atoms with Gasteiger partial charge in [0.15, 0.2) is 0 Å². The van der Waals surface area contributed by atoms with Crippen LogP contribution in [0.4, 0.5) is 5.95 Å². The average Bonchev–Trinajstić information content (AvgIpc) is 2.87. The lowest BCUT2D eigenvalue weighted by atomic mass is 10.1. The van der Waals surface area contributed by atoms with Crippen LogP contribution in [-0.2, 0) is 4.79 Å². The highest BCUT2D eigenvalue weighted by Crippen LogP contribution is 2.37. The number of hydrogen-bond acceptors (Lipinski definition) is 6. The van der Waals surface area contributed by atoms with Crippen LogP contribution < -0.4 is 15.4 Å². The molecule has 0 radical (unpaired) electrons. The maximum atomic E-state index is 12.6. The summed E-state index contributed by atoms with van der Waals surface area (Å²) in [6, 6.07) is 3.61. The highest BCUT2D eigenvalue weighted by molar-refractivity contribution is 6.36. The van der Waals surface area contributed by atoms with Crippen molar-refractivity contribution in [3.05, 3.63) is 28.8 Å². The number of allylic oxidation sites excluding steroid dienone is 1. The Balaban J connectivity index is 2.12. The molecule has 1 aliphatic rings. The summed E-state index contributed by atoms with van der Waals surface area (Å²) < 4.78 is 7.30. The van der Waals surface area contributed by atoms with E-state index in [-0.39, 0.29) is 11.6 Å². The van der Waals surface area contributed by atoms with Gasteiger partial charge in [0.05, 0.1) is 23.7 Å². The molecule has 1 saturated heterocycles. The summed E-state index contributed by atoms with van der Waals surface area (Å²) in [5, 5.41) is 21.2. The fourth-order valence-electron chi connectivity index (χ4n) is 3.40. The van der Waals surface area contributed by atoms with Crippen LogP contribution in [-0.4, -0.2) is 48.1 Å². The predicted octanol–water partition coefficient (Wildman–Crippen LogP) is 3.18. The third kappa shape index (κ3) is 3.93. The van der Waals surface area contributed by atoms with Gasteiger partial charge in [0.25, 0.3) is 5.91 Å². The molecule has 0 spiro atoms. The van der Waals surface area contributed by atoms with Crippen molar-refractivity contribution in [2.75, 3.05) is 25.5 Å². The maximum Gasteiger partial charge on any atom is 0.259 e. The number of fused-ring (bicyclic) bond motifs is 1. The number of halogens is 1. The number of methoxy groups -OCH3 is 1. The molecule has 1 aliphatic heterocycles.